The van der Waals surface area contributed by atoms with Gasteiger partial charge in [0, 0.05) is 18.1 Å². The van der Waals surface area contributed by atoms with Gasteiger partial charge < -0.3 is 15.7 Å². The van der Waals surface area contributed by atoms with Crippen LogP contribution >= 0.6 is 0 Å². The number of hydrogen-bond donors (Lipinski definition) is 3. The molecule has 0 bridgehead atoms. The van der Waals surface area contributed by atoms with E-state index in [0.717, 1.165) is 6.42 Å². The van der Waals surface area contributed by atoms with Crippen LogP contribution in [-0.4, -0.2) is 29.3 Å². The Hall–Kier alpha value is -2.46. The summed E-state index contributed by atoms with van der Waals surface area (Å²) in [5.74, 6) is 0. The van der Waals surface area contributed by atoms with Crippen molar-refractivity contribution in [1.82, 2.24) is 10.6 Å². The second-order valence-corrected chi connectivity index (χ2v) is 9.27. The fraction of sp³-hybridized carbons (Fsp3) is 0.333. The first-order valence-corrected chi connectivity index (χ1v) is 10.8. The maximum Gasteiger partial charge on any atom is 0.0820 e. The van der Waals surface area contributed by atoms with Crippen LogP contribution in [0.4, 0.5) is 0 Å². The number of hydrogen-bond acceptors (Lipinski definition) is 3. The van der Waals surface area contributed by atoms with Gasteiger partial charge in [-0.2, -0.15) is 0 Å². The molecule has 0 spiro atoms. The molecule has 0 saturated carbocycles. The van der Waals surface area contributed by atoms with E-state index in [-0.39, 0.29) is 17.6 Å². The standard InChI is InChI=1S/C27H32N2O/c1-27(2,3)28-18-25(30)24(17-19-11-5-4-6-12-19)29-26-22-15-9-7-13-20(22)21-14-8-10-16-23(21)26/h4-16,24-26,28-30H,17-18H2,1-3H3/t24-,25+/m0/s1. The number of fused-ring (bicyclic) bond motifs is 3. The molecular weight excluding hydrogens is 368 g/mol. The van der Waals surface area contributed by atoms with Gasteiger partial charge in [0.15, 0.2) is 0 Å². The van der Waals surface area contributed by atoms with Gasteiger partial charge in [-0.05, 0) is 55.0 Å². The molecule has 0 aromatic heterocycles. The average molecular weight is 401 g/mol. The van der Waals surface area contributed by atoms with Crippen LogP contribution in [0.1, 0.15) is 43.5 Å². The Morgan fingerprint density at radius 2 is 1.33 bits per heavy atom. The molecule has 3 aromatic rings. The minimum Gasteiger partial charge on any atom is -0.390 e. The summed E-state index contributed by atoms with van der Waals surface area (Å²) in [5, 5.41) is 18.4. The number of nitrogens with one attached hydrogen (secondary N) is 2. The predicted octanol–water partition coefficient (Wildman–Crippen LogP) is 4.71. The SMILES string of the molecule is CC(C)(C)NC[C@@H](O)[C@H](Cc1ccccc1)NC1c2ccccc2-c2ccccc21. The van der Waals surface area contributed by atoms with E-state index in [1.807, 2.05) is 6.07 Å². The molecule has 3 heteroatoms. The lowest BCUT2D eigenvalue weighted by Gasteiger charge is -2.31. The summed E-state index contributed by atoms with van der Waals surface area (Å²) in [6.07, 6.45) is 0.263. The largest absolute Gasteiger partial charge is 0.390 e. The molecule has 0 aliphatic heterocycles. The molecule has 4 rings (SSSR count). The van der Waals surface area contributed by atoms with E-state index < -0.39 is 6.10 Å². The first kappa shape index (κ1) is 20.8. The Labute approximate surface area is 180 Å². The third-order valence-corrected chi connectivity index (χ3v) is 5.82. The van der Waals surface area contributed by atoms with Gasteiger partial charge in [0.2, 0.25) is 0 Å². The van der Waals surface area contributed by atoms with E-state index in [2.05, 4.69) is 104 Å². The quantitative estimate of drug-likeness (QED) is 0.538. The second-order valence-electron chi connectivity index (χ2n) is 9.27. The van der Waals surface area contributed by atoms with Crippen molar-refractivity contribution in [2.75, 3.05) is 6.54 Å². The Morgan fingerprint density at radius 1 is 0.800 bits per heavy atom. The smallest absolute Gasteiger partial charge is 0.0820 e. The molecule has 0 radical (unpaired) electrons. The van der Waals surface area contributed by atoms with Gasteiger partial charge in [-0.25, -0.2) is 0 Å². The van der Waals surface area contributed by atoms with E-state index >= 15 is 0 Å². The van der Waals surface area contributed by atoms with Crippen molar-refractivity contribution in [2.45, 2.75) is 50.9 Å². The van der Waals surface area contributed by atoms with Gasteiger partial charge in [-0.15, -0.1) is 0 Å². The van der Waals surface area contributed by atoms with Crippen LogP contribution in [0.15, 0.2) is 78.9 Å². The van der Waals surface area contributed by atoms with Crippen LogP contribution in [0.5, 0.6) is 0 Å². The van der Waals surface area contributed by atoms with Crippen molar-refractivity contribution in [2.24, 2.45) is 0 Å². The Morgan fingerprint density at radius 3 is 1.90 bits per heavy atom. The van der Waals surface area contributed by atoms with E-state index in [1.165, 1.54) is 27.8 Å². The van der Waals surface area contributed by atoms with Crippen molar-refractivity contribution < 1.29 is 5.11 Å². The highest BCUT2D eigenvalue weighted by Crippen LogP contribution is 2.43. The van der Waals surface area contributed by atoms with E-state index in [4.69, 9.17) is 0 Å². The minimum absolute atomic E-state index is 0.0369. The molecule has 0 amide bonds. The summed E-state index contributed by atoms with van der Waals surface area (Å²) >= 11 is 0. The maximum absolute atomic E-state index is 11.2. The lowest BCUT2D eigenvalue weighted by molar-refractivity contribution is 0.113. The maximum atomic E-state index is 11.2. The molecule has 3 nitrogen and oxygen atoms in total. The molecule has 2 atom stereocenters. The lowest BCUT2D eigenvalue weighted by Crippen LogP contribution is -2.50. The zero-order valence-corrected chi connectivity index (χ0v) is 18.1. The van der Waals surface area contributed by atoms with Gasteiger partial charge in [-0.3, -0.25) is 0 Å². The molecule has 1 aliphatic carbocycles. The normalized spacial score (nSPS) is 15.5. The van der Waals surface area contributed by atoms with Gasteiger partial charge in [0.05, 0.1) is 12.1 Å². The summed E-state index contributed by atoms with van der Waals surface area (Å²) in [7, 11) is 0. The number of aliphatic hydroxyl groups is 1. The van der Waals surface area contributed by atoms with Crippen LogP contribution in [0, 0.1) is 0 Å². The fourth-order valence-corrected chi connectivity index (χ4v) is 4.28. The van der Waals surface area contributed by atoms with Gasteiger partial charge in [0.25, 0.3) is 0 Å². The van der Waals surface area contributed by atoms with E-state index in [1.54, 1.807) is 0 Å². The number of benzene rings is 3. The van der Waals surface area contributed by atoms with E-state index in [9.17, 15) is 5.11 Å². The summed E-state index contributed by atoms with van der Waals surface area (Å²) < 4.78 is 0. The third-order valence-electron chi connectivity index (χ3n) is 5.82. The molecule has 30 heavy (non-hydrogen) atoms. The summed E-state index contributed by atoms with van der Waals surface area (Å²) in [6.45, 7) is 6.93. The van der Waals surface area contributed by atoms with Crippen LogP contribution in [0.2, 0.25) is 0 Å². The fourth-order valence-electron chi connectivity index (χ4n) is 4.28. The zero-order chi connectivity index (χ0) is 21.1. The molecule has 1 aliphatic rings. The van der Waals surface area contributed by atoms with Gasteiger partial charge >= 0.3 is 0 Å². The highest BCUT2D eigenvalue weighted by molar-refractivity contribution is 5.78. The molecule has 0 saturated heterocycles. The monoisotopic (exact) mass is 400 g/mol. The van der Waals surface area contributed by atoms with Crippen LogP contribution in [-0.2, 0) is 6.42 Å². The summed E-state index contributed by atoms with van der Waals surface area (Å²) in [4.78, 5) is 0. The predicted molar refractivity (Wildman–Crippen MR) is 125 cm³/mol. The van der Waals surface area contributed by atoms with Crippen molar-refractivity contribution in [1.29, 1.82) is 0 Å². The van der Waals surface area contributed by atoms with Crippen molar-refractivity contribution in [3.8, 4) is 11.1 Å². The first-order chi connectivity index (χ1) is 14.4. The summed E-state index contributed by atoms with van der Waals surface area (Å²) in [6, 6.07) is 27.6. The molecule has 0 fully saturated rings. The van der Waals surface area contributed by atoms with Crippen LogP contribution < -0.4 is 10.6 Å². The number of rotatable bonds is 7. The van der Waals surface area contributed by atoms with Crippen molar-refractivity contribution >= 4 is 0 Å². The van der Waals surface area contributed by atoms with Crippen molar-refractivity contribution in [3.05, 3.63) is 95.6 Å². The zero-order valence-electron chi connectivity index (χ0n) is 18.1. The molecule has 0 unspecified atom stereocenters. The molecule has 3 aromatic carbocycles. The highest BCUT2D eigenvalue weighted by atomic mass is 16.3. The second kappa shape index (κ2) is 8.73. The Balaban J connectivity index is 1.62. The minimum atomic E-state index is -0.510. The number of β-amino-alcohol motifs (C(OH)–C–C–N with tert-alkyl or cyclic N) is 1. The number of aliphatic hydroxyl groups excluding tert-OH is 1. The molecule has 156 valence electrons. The average Bonchev–Trinajstić information content (AvgIpc) is 3.06. The Kier molecular flexibility index (Phi) is 6.05. The van der Waals surface area contributed by atoms with Gasteiger partial charge in [-0.1, -0.05) is 78.9 Å². The molecule has 0 heterocycles. The van der Waals surface area contributed by atoms with Crippen LogP contribution in [0.3, 0.4) is 0 Å². The van der Waals surface area contributed by atoms with Crippen molar-refractivity contribution in [3.63, 3.8) is 0 Å². The van der Waals surface area contributed by atoms with Gasteiger partial charge in [0.1, 0.15) is 0 Å². The third kappa shape index (κ3) is 4.65. The Bertz CT molecular complexity index is 932. The van der Waals surface area contributed by atoms with Crippen LogP contribution in [0.25, 0.3) is 11.1 Å². The summed E-state index contributed by atoms with van der Waals surface area (Å²) in [5.41, 5.74) is 6.33. The first-order valence-electron chi connectivity index (χ1n) is 10.8. The molecule has 3 N–H and O–H groups in total. The topological polar surface area (TPSA) is 44.3 Å². The molecular formula is C27H32N2O. The van der Waals surface area contributed by atoms with E-state index in [0.29, 0.717) is 6.54 Å². The lowest BCUT2D eigenvalue weighted by atomic mass is 9.97. The highest BCUT2D eigenvalue weighted by Gasteiger charge is 2.32.